The molecule has 1 N–H and O–H groups in total. The zero-order chi connectivity index (χ0) is 11.5. The van der Waals surface area contributed by atoms with Gasteiger partial charge < -0.3 is 5.32 Å². The van der Waals surface area contributed by atoms with Gasteiger partial charge in [0.15, 0.2) is 0 Å². The van der Waals surface area contributed by atoms with E-state index < -0.39 is 12.6 Å². The number of hydrogen-bond donors (Lipinski definition) is 1. The van der Waals surface area contributed by atoms with Crippen LogP contribution in [0.1, 0.15) is 12.0 Å². The molecule has 1 aromatic rings. The second kappa shape index (κ2) is 4.75. The standard InChI is InChI=1S/C10H11ClF3N/c1-7-2-3-8(11)9(6-7)15-5-4-10(12,13)14/h2-3,6,15H,4-5H2,1H3. The van der Waals surface area contributed by atoms with Crippen molar-refractivity contribution < 1.29 is 13.2 Å². The van der Waals surface area contributed by atoms with Crippen molar-refractivity contribution in [2.75, 3.05) is 11.9 Å². The zero-order valence-corrected chi connectivity index (χ0v) is 8.91. The van der Waals surface area contributed by atoms with E-state index in [4.69, 9.17) is 11.6 Å². The van der Waals surface area contributed by atoms with E-state index in [1.165, 1.54) is 0 Å². The van der Waals surface area contributed by atoms with E-state index in [1.807, 2.05) is 6.92 Å². The Labute approximate surface area is 91.2 Å². The van der Waals surface area contributed by atoms with Gasteiger partial charge in [-0.25, -0.2) is 0 Å². The Morgan fingerprint density at radius 1 is 1.33 bits per heavy atom. The maximum absolute atomic E-state index is 11.9. The first-order valence-corrected chi connectivity index (χ1v) is 4.83. The fourth-order valence-corrected chi connectivity index (χ4v) is 1.30. The molecule has 0 saturated heterocycles. The second-order valence-corrected chi connectivity index (χ2v) is 3.68. The summed E-state index contributed by atoms with van der Waals surface area (Å²) in [5.74, 6) is 0. The van der Waals surface area contributed by atoms with Crippen molar-refractivity contribution in [2.24, 2.45) is 0 Å². The van der Waals surface area contributed by atoms with Crippen LogP contribution in [0.5, 0.6) is 0 Å². The van der Waals surface area contributed by atoms with Gasteiger partial charge in [-0.1, -0.05) is 17.7 Å². The largest absolute Gasteiger partial charge is 0.390 e. The summed E-state index contributed by atoms with van der Waals surface area (Å²) in [4.78, 5) is 0. The van der Waals surface area contributed by atoms with Crippen LogP contribution in [0.15, 0.2) is 18.2 Å². The molecule has 0 aromatic heterocycles. The normalized spacial score (nSPS) is 11.5. The number of alkyl halides is 3. The van der Waals surface area contributed by atoms with E-state index in [2.05, 4.69) is 5.32 Å². The zero-order valence-electron chi connectivity index (χ0n) is 8.16. The fourth-order valence-electron chi connectivity index (χ4n) is 1.11. The van der Waals surface area contributed by atoms with Gasteiger partial charge in [0.1, 0.15) is 0 Å². The molecular formula is C10H11ClF3N. The number of benzene rings is 1. The van der Waals surface area contributed by atoms with Crippen LogP contribution in [0.3, 0.4) is 0 Å². The molecule has 0 aliphatic heterocycles. The summed E-state index contributed by atoms with van der Waals surface area (Å²) in [5.41, 5.74) is 1.50. The Kier molecular flexibility index (Phi) is 3.85. The van der Waals surface area contributed by atoms with Crippen molar-refractivity contribution >= 4 is 17.3 Å². The first kappa shape index (κ1) is 12.2. The quantitative estimate of drug-likeness (QED) is 0.838. The number of rotatable bonds is 3. The van der Waals surface area contributed by atoms with Crippen LogP contribution < -0.4 is 5.32 Å². The van der Waals surface area contributed by atoms with Crippen LogP contribution in [0.4, 0.5) is 18.9 Å². The van der Waals surface area contributed by atoms with Gasteiger partial charge in [0.05, 0.1) is 17.1 Å². The van der Waals surface area contributed by atoms with Crippen LogP contribution >= 0.6 is 11.6 Å². The van der Waals surface area contributed by atoms with Crippen molar-refractivity contribution in [3.63, 3.8) is 0 Å². The van der Waals surface area contributed by atoms with Gasteiger partial charge in [0.2, 0.25) is 0 Å². The van der Waals surface area contributed by atoms with Crippen LogP contribution in [0.2, 0.25) is 5.02 Å². The van der Waals surface area contributed by atoms with Crippen molar-refractivity contribution in [1.29, 1.82) is 0 Å². The summed E-state index contributed by atoms with van der Waals surface area (Å²) < 4.78 is 35.6. The summed E-state index contributed by atoms with van der Waals surface area (Å²) >= 11 is 5.80. The smallest absolute Gasteiger partial charge is 0.383 e. The summed E-state index contributed by atoms with van der Waals surface area (Å²) in [7, 11) is 0. The number of aryl methyl sites for hydroxylation is 1. The molecule has 0 saturated carbocycles. The molecule has 5 heteroatoms. The molecule has 84 valence electrons. The lowest BCUT2D eigenvalue weighted by atomic mass is 10.2. The number of anilines is 1. The highest BCUT2D eigenvalue weighted by Crippen LogP contribution is 2.24. The summed E-state index contributed by atoms with van der Waals surface area (Å²) in [6.07, 6.45) is -5.00. The lowest BCUT2D eigenvalue weighted by molar-refractivity contribution is -0.131. The SMILES string of the molecule is Cc1ccc(Cl)c(NCCC(F)(F)F)c1. The Hall–Kier alpha value is -0.900. The van der Waals surface area contributed by atoms with Gasteiger partial charge in [-0.2, -0.15) is 13.2 Å². The van der Waals surface area contributed by atoms with Gasteiger partial charge in [0, 0.05) is 6.54 Å². The van der Waals surface area contributed by atoms with Crippen molar-refractivity contribution in [1.82, 2.24) is 0 Å². The van der Waals surface area contributed by atoms with Crippen LogP contribution in [0.25, 0.3) is 0 Å². The van der Waals surface area contributed by atoms with Crippen molar-refractivity contribution in [2.45, 2.75) is 19.5 Å². The first-order chi connectivity index (χ1) is 6.88. The summed E-state index contributed by atoms with van der Waals surface area (Å²) in [6.45, 7) is 1.69. The lowest BCUT2D eigenvalue weighted by Gasteiger charge is -2.10. The molecule has 0 aliphatic rings. The van der Waals surface area contributed by atoms with Gasteiger partial charge in [0.25, 0.3) is 0 Å². The van der Waals surface area contributed by atoms with E-state index in [9.17, 15) is 13.2 Å². The molecule has 0 spiro atoms. The topological polar surface area (TPSA) is 12.0 Å². The molecule has 15 heavy (non-hydrogen) atoms. The Morgan fingerprint density at radius 2 is 2.00 bits per heavy atom. The average molecular weight is 238 g/mol. The molecule has 1 aromatic carbocycles. The van der Waals surface area contributed by atoms with Gasteiger partial charge in [-0.15, -0.1) is 0 Å². The highest BCUT2D eigenvalue weighted by Gasteiger charge is 2.26. The summed E-state index contributed by atoms with van der Waals surface area (Å²) in [5, 5.41) is 3.09. The Bertz CT molecular complexity index is 336. The van der Waals surface area contributed by atoms with Crippen molar-refractivity contribution in [3.8, 4) is 0 Å². The summed E-state index contributed by atoms with van der Waals surface area (Å²) in [6, 6.07) is 5.18. The van der Waals surface area contributed by atoms with Gasteiger partial charge in [-0.3, -0.25) is 0 Å². The molecule has 0 amide bonds. The minimum Gasteiger partial charge on any atom is -0.383 e. The molecular weight excluding hydrogens is 227 g/mol. The van der Waals surface area contributed by atoms with E-state index in [0.717, 1.165) is 5.56 Å². The Balaban J connectivity index is 2.54. The number of hydrogen-bond acceptors (Lipinski definition) is 1. The molecule has 0 radical (unpaired) electrons. The Morgan fingerprint density at radius 3 is 2.60 bits per heavy atom. The van der Waals surface area contributed by atoms with E-state index in [1.54, 1.807) is 18.2 Å². The van der Waals surface area contributed by atoms with Gasteiger partial charge >= 0.3 is 6.18 Å². The third kappa shape index (κ3) is 4.42. The number of halogens is 4. The van der Waals surface area contributed by atoms with E-state index in [0.29, 0.717) is 10.7 Å². The predicted octanol–water partition coefficient (Wildman–Crippen LogP) is 4.01. The maximum atomic E-state index is 11.9. The highest BCUT2D eigenvalue weighted by molar-refractivity contribution is 6.33. The van der Waals surface area contributed by atoms with Crippen molar-refractivity contribution in [3.05, 3.63) is 28.8 Å². The minimum atomic E-state index is -4.14. The molecule has 0 bridgehead atoms. The second-order valence-electron chi connectivity index (χ2n) is 3.28. The first-order valence-electron chi connectivity index (χ1n) is 4.45. The van der Waals surface area contributed by atoms with Crippen LogP contribution in [0, 0.1) is 6.92 Å². The molecule has 0 atom stereocenters. The molecule has 0 fully saturated rings. The minimum absolute atomic E-state index is 0.160. The molecule has 0 unspecified atom stereocenters. The molecule has 0 heterocycles. The van der Waals surface area contributed by atoms with E-state index >= 15 is 0 Å². The van der Waals surface area contributed by atoms with Gasteiger partial charge in [-0.05, 0) is 24.6 Å². The highest BCUT2D eigenvalue weighted by atomic mass is 35.5. The van der Waals surface area contributed by atoms with Crippen LogP contribution in [-0.4, -0.2) is 12.7 Å². The predicted molar refractivity (Wildman–Crippen MR) is 55.4 cm³/mol. The fraction of sp³-hybridized carbons (Fsp3) is 0.400. The molecule has 1 rings (SSSR count). The maximum Gasteiger partial charge on any atom is 0.390 e. The molecule has 0 aliphatic carbocycles. The third-order valence-electron chi connectivity index (χ3n) is 1.85. The molecule has 1 nitrogen and oxygen atoms in total. The van der Waals surface area contributed by atoms with E-state index in [-0.39, 0.29) is 6.54 Å². The third-order valence-corrected chi connectivity index (χ3v) is 2.18. The lowest BCUT2D eigenvalue weighted by Crippen LogP contribution is -2.14. The monoisotopic (exact) mass is 237 g/mol. The number of nitrogens with one attached hydrogen (secondary N) is 1. The average Bonchev–Trinajstić information content (AvgIpc) is 2.09. The van der Waals surface area contributed by atoms with Crippen LogP contribution in [-0.2, 0) is 0 Å².